The largest absolute Gasteiger partial charge is 0.494 e. The van der Waals surface area contributed by atoms with Crippen LogP contribution < -0.4 is 25.2 Å². The van der Waals surface area contributed by atoms with Gasteiger partial charge in [-0.25, -0.2) is 0 Å². The Morgan fingerprint density at radius 2 is 1.65 bits per heavy atom. The van der Waals surface area contributed by atoms with Crippen LogP contribution in [-0.2, 0) is 20.7 Å². The molecule has 0 saturated carbocycles. The lowest BCUT2D eigenvalue weighted by atomic mass is 10.0. The summed E-state index contributed by atoms with van der Waals surface area (Å²) >= 11 is 0. The summed E-state index contributed by atoms with van der Waals surface area (Å²) in [5.41, 5.74) is 4.12. The summed E-state index contributed by atoms with van der Waals surface area (Å²) in [5, 5.41) is 5.88. The van der Waals surface area contributed by atoms with Crippen molar-refractivity contribution >= 4 is 43.9 Å². The SMILES string of the molecule is COc1cccc(OC)c1NC(=O)C1OC(Cc2cc3c(cc2C)[Si](C)(C)C[Si]3(C)C)=CC1=O. The zero-order valence-electron chi connectivity index (χ0n) is 21.0. The molecule has 1 amide bonds. The highest BCUT2D eigenvalue weighted by molar-refractivity contribution is 7.14. The van der Waals surface area contributed by atoms with Gasteiger partial charge in [0.25, 0.3) is 5.91 Å². The first kappa shape index (κ1) is 24.3. The van der Waals surface area contributed by atoms with E-state index >= 15 is 0 Å². The van der Waals surface area contributed by atoms with Gasteiger partial charge in [-0.3, -0.25) is 9.59 Å². The van der Waals surface area contributed by atoms with Crippen molar-refractivity contribution in [2.45, 2.75) is 51.3 Å². The number of methoxy groups -OCH3 is 2. The number of amides is 1. The van der Waals surface area contributed by atoms with Gasteiger partial charge < -0.3 is 19.5 Å². The third-order valence-electron chi connectivity index (χ3n) is 6.93. The van der Waals surface area contributed by atoms with E-state index in [9.17, 15) is 9.59 Å². The number of hydrogen-bond donors (Lipinski definition) is 1. The lowest BCUT2D eigenvalue weighted by Crippen LogP contribution is -2.44. The number of allylic oxidation sites excluding steroid dienone is 1. The van der Waals surface area contributed by atoms with E-state index < -0.39 is 28.2 Å². The zero-order chi connectivity index (χ0) is 24.8. The topological polar surface area (TPSA) is 73.9 Å². The van der Waals surface area contributed by atoms with E-state index in [1.807, 2.05) is 0 Å². The van der Waals surface area contributed by atoms with Crippen LogP contribution in [-0.4, -0.2) is 48.2 Å². The summed E-state index contributed by atoms with van der Waals surface area (Å²) in [5.74, 6) is 0.500. The Morgan fingerprint density at radius 3 is 2.24 bits per heavy atom. The van der Waals surface area contributed by atoms with Gasteiger partial charge in [-0.05, 0) is 30.2 Å². The molecule has 0 fully saturated rings. The average Bonchev–Trinajstić information content (AvgIpc) is 3.21. The van der Waals surface area contributed by atoms with E-state index in [0.29, 0.717) is 29.4 Å². The molecule has 1 N–H and O–H groups in total. The predicted octanol–water partition coefficient (Wildman–Crippen LogP) is 3.43. The number of carbonyl (C=O) groups excluding carboxylic acids is 2. The van der Waals surface area contributed by atoms with Crippen LogP contribution in [0.5, 0.6) is 11.5 Å². The molecular weight excluding hydrogens is 462 g/mol. The Balaban J connectivity index is 1.52. The molecule has 6 nitrogen and oxygen atoms in total. The number of fused-ring (bicyclic) bond motifs is 1. The van der Waals surface area contributed by atoms with Crippen LogP contribution in [0.3, 0.4) is 0 Å². The molecular formula is C26H33NO5Si2. The normalized spacial score (nSPS) is 19.8. The molecule has 2 aromatic carbocycles. The Bertz CT molecular complexity index is 1180. The Morgan fingerprint density at radius 1 is 1.06 bits per heavy atom. The van der Waals surface area contributed by atoms with Crippen LogP contribution in [0.4, 0.5) is 5.69 Å². The first-order chi connectivity index (χ1) is 16.0. The quantitative estimate of drug-likeness (QED) is 0.491. The van der Waals surface area contributed by atoms with E-state index in [0.717, 1.165) is 5.56 Å². The summed E-state index contributed by atoms with van der Waals surface area (Å²) in [6, 6.07) is 9.90. The fraction of sp³-hybridized carbons (Fsp3) is 0.385. The molecule has 0 saturated heterocycles. The van der Waals surface area contributed by atoms with Crippen molar-refractivity contribution in [3.05, 3.63) is 53.3 Å². The second kappa shape index (κ2) is 8.74. The second-order valence-corrected chi connectivity index (χ2v) is 20.5. The van der Waals surface area contributed by atoms with Crippen LogP contribution in [0.1, 0.15) is 11.1 Å². The monoisotopic (exact) mass is 495 g/mol. The van der Waals surface area contributed by atoms with Crippen molar-refractivity contribution in [3.63, 3.8) is 0 Å². The van der Waals surface area contributed by atoms with E-state index in [1.165, 1.54) is 31.5 Å². The number of hydrogen-bond acceptors (Lipinski definition) is 5. The van der Waals surface area contributed by atoms with Gasteiger partial charge >= 0.3 is 0 Å². The number of para-hydroxylation sites is 1. The first-order valence-corrected chi connectivity index (χ1v) is 18.0. The van der Waals surface area contributed by atoms with Crippen molar-refractivity contribution < 1.29 is 23.8 Å². The molecule has 0 radical (unpaired) electrons. The third-order valence-corrected chi connectivity index (χ3v) is 18.0. The molecule has 4 rings (SSSR count). The molecule has 180 valence electrons. The molecule has 1 atom stereocenters. The number of nitrogens with one attached hydrogen (secondary N) is 1. The molecule has 0 bridgehead atoms. The Kier molecular flexibility index (Phi) is 6.24. The summed E-state index contributed by atoms with van der Waals surface area (Å²) in [4.78, 5) is 25.6. The van der Waals surface area contributed by atoms with Crippen molar-refractivity contribution in [1.29, 1.82) is 0 Å². The highest BCUT2D eigenvalue weighted by Crippen LogP contribution is 2.35. The van der Waals surface area contributed by atoms with Crippen LogP contribution in [0.25, 0.3) is 0 Å². The molecule has 2 heterocycles. The number of rotatable bonds is 6. The minimum absolute atomic E-state index is 0.358. The fourth-order valence-electron chi connectivity index (χ4n) is 5.46. The molecule has 0 aromatic heterocycles. The number of aryl methyl sites for hydroxylation is 1. The van der Waals surface area contributed by atoms with Crippen LogP contribution in [0.2, 0.25) is 31.9 Å². The van der Waals surface area contributed by atoms with Gasteiger partial charge in [0.1, 0.15) is 22.9 Å². The van der Waals surface area contributed by atoms with Gasteiger partial charge in [0.05, 0.1) is 30.4 Å². The van der Waals surface area contributed by atoms with Gasteiger partial charge in [0.15, 0.2) is 0 Å². The number of carbonyl (C=O) groups is 2. The van der Waals surface area contributed by atoms with Gasteiger partial charge in [-0.15, -0.1) is 0 Å². The molecule has 1 unspecified atom stereocenters. The van der Waals surface area contributed by atoms with Crippen molar-refractivity contribution in [2.24, 2.45) is 0 Å². The first-order valence-electron chi connectivity index (χ1n) is 11.5. The molecule has 2 aromatic rings. The lowest BCUT2D eigenvalue weighted by molar-refractivity contribution is -0.132. The van der Waals surface area contributed by atoms with E-state index in [4.69, 9.17) is 14.2 Å². The second-order valence-electron chi connectivity index (χ2n) is 10.5. The van der Waals surface area contributed by atoms with Gasteiger partial charge in [-0.1, -0.05) is 60.4 Å². The van der Waals surface area contributed by atoms with E-state index in [2.05, 4.69) is 50.6 Å². The van der Waals surface area contributed by atoms with Crippen molar-refractivity contribution in [2.75, 3.05) is 19.5 Å². The Hall–Kier alpha value is -2.85. The predicted molar refractivity (Wildman–Crippen MR) is 140 cm³/mol. The maximum absolute atomic E-state index is 12.9. The number of ketones is 1. The number of anilines is 1. The highest BCUT2D eigenvalue weighted by Gasteiger charge is 2.45. The summed E-state index contributed by atoms with van der Waals surface area (Å²) in [6.45, 7) is 12.0. The molecule has 0 spiro atoms. The summed E-state index contributed by atoms with van der Waals surface area (Å²) in [7, 11) is 0.154. The lowest BCUT2D eigenvalue weighted by Gasteiger charge is -2.19. The highest BCUT2D eigenvalue weighted by atomic mass is 28.4. The molecule has 34 heavy (non-hydrogen) atoms. The maximum atomic E-state index is 12.9. The van der Waals surface area contributed by atoms with Gasteiger partial charge in [0, 0.05) is 12.5 Å². The standard InChI is InChI=1S/C26H33NO5Si2/c1-16-11-22-23(34(6,7)15-33(22,4)5)13-17(16)12-18-14-19(28)25(32-18)26(29)27-24-20(30-2)9-8-10-21(24)31-3/h8-11,13-14,25H,12,15H2,1-7H3,(H,27,29). The zero-order valence-corrected chi connectivity index (χ0v) is 23.0. The summed E-state index contributed by atoms with van der Waals surface area (Å²) in [6.07, 6.45) is 0.730. The minimum atomic E-state index is -1.47. The number of ether oxygens (including phenoxy) is 3. The van der Waals surface area contributed by atoms with Crippen LogP contribution >= 0.6 is 0 Å². The molecule has 0 aliphatic carbocycles. The number of benzene rings is 2. The van der Waals surface area contributed by atoms with Crippen LogP contribution in [0, 0.1) is 6.92 Å². The van der Waals surface area contributed by atoms with Gasteiger partial charge in [-0.2, -0.15) is 0 Å². The smallest absolute Gasteiger partial charge is 0.273 e. The third kappa shape index (κ3) is 4.32. The van der Waals surface area contributed by atoms with E-state index in [-0.39, 0.29) is 5.78 Å². The molecule has 2 aliphatic rings. The van der Waals surface area contributed by atoms with E-state index in [1.54, 1.807) is 28.6 Å². The van der Waals surface area contributed by atoms with Gasteiger partial charge in [0.2, 0.25) is 11.9 Å². The van der Waals surface area contributed by atoms with Crippen molar-refractivity contribution in [1.82, 2.24) is 0 Å². The summed E-state index contributed by atoms with van der Waals surface area (Å²) < 4.78 is 16.5. The van der Waals surface area contributed by atoms with Crippen LogP contribution in [0.15, 0.2) is 42.2 Å². The molecule has 8 heteroatoms. The minimum Gasteiger partial charge on any atom is -0.494 e. The van der Waals surface area contributed by atoms with Crippen molar-refractivity contribution in [3.8, 4) is 11.5 Å². The fourth-order valence-corrected chi connectivity index (χ4v) is 20.6. The Labute approximate surface area is 203 Å². The maximum Gasteiger partial charge on any atom is 0.273 e. The average molecular weight is 496 g/mol. The molecule has 2 aliphatic heterocycles.